The Morgan fingerprint density at radius 2 is 1.88 bits per heavy atom. The van der Waals surface area contributed by atoms with Crippen molar-refractivity contribution in [1.82, 2.24) is 9.80 Å². The van der Waals surface area contributed by atoms with Gasteiger partial charge in [0.05, 0.1) is 15.0 Å². The number of benzene rings is 1. The maximum absolute atomic E-state index is 12.4. The van der Waals surface area contributed by atoms with Gasteiger partial charge in [0, 0.05) is 13.1 Å². The molecule has 1 aromatic rings. The molecule has 0 spiro atoms. The van der Waals surface area contributed by atoms with Crippen molar-refractivity contribution >= 4 is 58.1 Å². The maximum atomic E-state index is 12.4. The molecule has 0 radical (unpaired) electrons. The fraction of sp³-hybridized carbons (Fsp3) is 0.312. The predicted molar refractivity (Wildman–Crippen MR) is 95.0 cm³/mol. The van der Waals surface area contributed by atoms with Gasteiger partial charge in [0.25, 0.3) is 11.1 Å². The summed E-state index contributed by atoms with van der Waals surface area (Å²) in [5.74, 6) is -0.644. The Morgan fingerprint density at radius 1 is 1.17 bits per heavy atom. The maximum Gasteiger partial charge on any atom is 0.294 e. The van der Waals surface area contributed by atoms with Crippen molar-refractivity contribution in [2.45, 2.75) is 12.8 Å². The first-order chi connectivity index (χ1) is 11.5. The van der Waals surface area contributed by atoms with Crippen LogP contribution in [0.4, 0.5) is 4.79 Å². The molecule has 0 N–H and O–H groups in total. The van der Waals surface area contributed by atoms with E-state index in [9.17, 15) is 14.4 Å². The fourth-order valence-electron chi connectivity index (χ4n) is 2.59. The summed E-state index contributed by atoms with van der Waals surface area (Å²) in [7, 11) is 0. The minimum absolute atomic E-state index is 0.189. The molecule has 3 rings (SSSR count). The van der Waals surface area contributed by atoms with Crippen LogP contribution in [0.15, 0.2) is 23.1 Å². The zero-order chi connectivity index (χ0) is 17.3. The van der Waals surface area contributed by atoms with Gasteiger partial charge in [-0.3, -0.25) is 19.3 Å². The number of halogens is 2. The van der Waals surface area contributed by atoms with E-state index in [1.165, 1.54) is 0 Å². The lowest BCUT2D eigenvalue weighted by Gasteiger charge is -2.18. The molecule has 0 aromatic heterocycles. The Kier molecular flexibility index (Phi) is 5.18. The number of rotatable bonds is 3. The molecule has 2 heterocycles. The molecule has 0 saturated carbocycles. The molecule has 0 unspecified atom stereocenters. The van der Waals surface area contributed by atoms with Gasteiger partial charge in [0.2, 0.25) is 5.91 Å². The van der Waals surface area contributed by atoms with E-state index in [0.29, 0.717) is 28.7 Å². The Hall–Kier alpha value is -1.50. The Labute approximate surface area is 153 Å². The Bertz CT molecular complexity index is 745. The summed E-state index contributed by atoms with van der Waals surface area (Å²) in [6, 6.07) is 4.95. The van der Waals surface area contributed by atoms with Crippen molar-refractivity contribution in [2.75, 3.05) is 19.6 Å². The average Bonchev–Trinajstić information content (AvgIpc) is 3.16. The number of amides is 3. The SMILES string of the molecule is O=C(CN1C(=O)S/C(=C/c2ccc(Cl)c(Cl)c2)C1=O)N1CCCC1. The van der Waals surface area contributed by atoms with Crippen molar-refractivity contribution in [3.05, 3.63) is 38.7 Å². The summed E-state index contributed by atoms with van der Waals surface area (Å²) in [5.41, 5.74) is 0.667. The number of imide groups is 1. The van der Waals surface area contributed by atoms with Gasteiger partial charge in [-0.2, -0.15) is 0 Å². The van der Waals surface area contributed by atoms with Crippen molar-refractivity contribution in [3.63, 3.8) is 0 Å². The van der Waals surface area contributed by atoms with Gasteiger partial charge in [-0.25, -0.2) is 0 Å². The lowest BCUT2D eigenvalue weighted by Crippen LogP contribution is -2.40. The topological polar surface area (TPSA) is 57.7 Å². The second-order valence-electron chi connectivity index (χ2n) is 5.53. The first-order valence-electron chi connectivity index (χ1n) is 7.44. The molecule has 5 nitrogen and oxygen atoms in total. The first kappa shape index (κ1) is 17.3. The van der Waals surface area contributed by atoms with E-state index >= 15 is 0 Å². The quantitative estimate of drug-likeness (QED) is 0.746. The van der Waals surface area contributed by atoms with Crippen LogP contribution in [0.1, 0.15) is 18.4 Å². The standard InChI is InChI=1S/C16H14Cl2N2O3S/c17-11-4-3-10(7-12(11)18)8-13-15(22)20(16(23)24-13)9-14(21)19-5-1-2-6-19/h3-4,7-8H,1-2,5-6,9H2/b13-8+. The van der Waals surface area contributed by atoms with E-state index in [4.69, 9.17) is 23.2 Å². The lowest BCUT2D eigenvalue weighted by atomic mass is 10.2. The van der Waals surface area contributed by atoms with Crippen LogP contribution in [0.3, 0.4) is 0 Å². The second kappa shape index (κ2) is 7.17. The van der Waals surface area contributed by atoms with Gasteiger partial charge in [-0.1, -0.05) is 29.3 Å². The predicted octanol–water partition coefficient (Wildman–Crippen LogP) is 3.65. The molecule has 2 aliphatic heterocycles. The number of carbonyl (C=O) groups is 3. The molecule has 1 aromatic carbocycles. The summed E-state index contributed by atoms with van der Waals surface area (Å²) < 4.78 is 0. The number of nitrogens with zero attached hydrogens (tertiary/aromatic N) is 2. The molecule has 8 heteroatoms. The molecular formula is C16H14Cl2N2O3S. The molecular weight excluding hydrogens is 371 g/mol. The normalized spacial score (nSPS) is 19.7. The van der Waals surface area contributed by atoms with Crippen LogP contribution in [0.5, 0.6) is 0 Å². The van der Waals surface area contributed by atoms with Crippen molar-refractivity contribution in [1.29, 1.82) is 0 Å². The third-order valence-electron chi connectivity index (χ3n) is 3.87. The van der Waals surface area contributed by atoms with E-state index < -0.39 is 11.1 Å². The van der Waals surface area contributed by atoms with Gasteiger partial charge in [-0.05, 0) is 48.4 Å². The van der Waals surface area contributed by atoms with Gasteiger partial charge in [0.15, 0.2) is 0 Å². The van der Waals surface area contributed by atoms with Crippen molar-refractivity contribution in [2.24, 2.45) is 0 Å². The van der Waals surface area contributed by atoms with Crippen molar-refractivity contribution in [3.8, 4) is 0 Å². The largest absolute Gasteiger partial charge is 0.341 e. The van der Waals surface area contributed by atoms with Crippen LogP contribution in [0.25, 0.3) is 6.08 Å². The summed E-state index contributed by atoms with van der Waals surface area (Å²) >= 11 is 12.6. The number of hydrogen-bond acceptors (Lipinski definition) is 4. The first-order valence-corrected chi connectivity index (χ1v) is 9.01. The molecule has 0 bridgehead atoms. The molecule has 2 aliphatic rings. The molecule has 0 atom stereocenters. The molecule has 2 saturated heterocycles. The van der Waals surface area contributed by atoms with E-state index in [2.05, 4.69) is 0 Å². The summed E-state index contributed by atoms with van der Waals surface area (Å²) in [5, 5.41) is 0.353. The summed E-state index contributed by atoms with van der Waals surface area (Å²) in [6.45, 7) is 1.17. The molecule has 3 amide bonds. The van der Waals surface area contributed by atoms with Gasteiger partial charge >= 0.3 is 0 Å². The van der Waals surface area contributed by atoms with Gasteiger partial charge in [0.1, 0.15) is 6.54 Å². The molecule has 24 heavy (non-hydrogen) atoms. The number of likely N-dealkylation sites (tertiary alicyclic amines) is 1. The summed E-state index contributed by atoms with van der Waals surface area (Å²) in [6.07, 6.45) is 3.50. The zero-order valence-electron chi connectivity index (χ0n) is 12.6. The molecule has 2 fully saturated rings. The minimum Gasteiger partial charge on any atom is -0.341 e. The van der Waals surface area contributed by atoms with E-state index in [1.54, 1.807) is 29.2 Å². The highest BCUT2D eigenvalue weighted by Gasteiger charge is 2.37. The molecule has 126 valence electrons. The Morgan fingerprint density at radius 3 is 2.54 bits per heavy atom. The van der Waals surface area contributed by atoms with Crippen LogP contribution in [0.2, 0.25) is 10.0 Å². The number of carbonyl (C=O) groups excluding carboxylic acids is 3. The third kappa shape index (κ3) is 3.61. The van der Waals surface area contributed by atoms with Crippen LogP contribution < -0.4 is 0 Å². The molecule has 0 aliphatic carbocycles. The average molecular weight is 385 g/mol. The monoisotopic (exact) mass is 384 g/mol. The van der Waals surface area contributed by atoms with Gasteiger partial charge < -0.3 is 4.90 Å². The Balaban J connectivity index is 1.74. The van der Waals surface area contributed by atoms with Crippen molar-refractivity contribution < 1.29 is 14.4 Å². The van der Waals surface area contributed by atoms with Crippen LogP contribution >= 0.6 is 35.0 Å². The third-order valence-corrected chi connectivity index (χ3v) is 5.51. The van der Waals surface area contributed by atoms with Gasteiger partial charge in [-0.15, -0.1) is 0 Å². The highest BCUT2D eigenvalue weighted by atomic mass is 35.5. The smallest absolute Gasteiger partial charge is 0.294 e. The highest BCUT2D eigenvalue weighted by molar-refractivity contribution is 8.18. The zero-order valence-corrected chi connectivity index (χ0v) is 15.0. The number of hydrogen-bond donors (Lipinski definition) is 0. The lowest BCUT2D eigenvalue weighted by molar-refractivity contribution is -0.135. The highest BCUT2D eigenvalue weighted by Crippen LogP contribution is 2.33. The minimum atomic E-state index is -0.455. The van der Waals surface area contributed by atoms with Crippen LogP contribution in [0, 0.1) is 0 Å². The van der Waals surface area contributed by atoms with E-state index in [0.717, 1.165) is 29.5 Å². The second-order valence-corrected chi connectivity index (χ2v) is 7.34. The van der Waals surface area contributed by atoms with E-state index in [-0.39, 0.29) is 17.4 Å². The van der Waals surface area contributed by atoms with Crippen LogP contribution in [-0.2, 0) is 9.59 Å². The number of thioether (sulfide) groups is 1. The van der Waals surface area contributed by atoms with E-state index in [1.807, 2.05) is 0 Å². The summed E-state index contributed by atoms with van der Waals surface area (Å²) in [4.78, 5) is 39.6. The van der Waals surface area contributed by atoms with Crippen LogP contribution in [-0.4, -0.2) is 46.5 Å². The fourth-order valence-corrected chi connectivity index (χ4v) is 3.74.